The lowest BCUT2D eigenvalue weighted by Crippen LogP contribution is -1.84. The van der Waals surface area contributed by atoms with Crippen LogP contribution in [0.25, 0.3) is 0 Å². The molecule has 1 heteroatoms. The average Bonchev–Trinajstić information content (AvgIpc) is 2.35. The molecule has 0 bridgehead atoms. The second kappa shape index (κ2) is 15.7. The van der Waals surface area contributed by atoms with Crippen molar-refractivity contribution >= 4 is 0 Å². The first-order valence-electron chi connectivity index (χ1n) is 7.67. The fourth-order valence-electron chi connectivity index (χ4n) is 1.99. The summed E-state index contributed by atoms with van der Waals surface area (Å²) in [6.07, 6.45) is 20.3. The lowest BCUT2D eigenvalue weighted by atomic mass is 10.1. The van der Waals surface area contributed by atoms with Gasteiger partial charge in [-0.1, -0.05) is 70.4 Å². The maximum Gasteiger partial charge on any atom is 0.0431 e. The highest BCUT2D eigenvalue weighted by atomic mass is 16.2. The molecule has 0 saturated heterocycles. The SMILES string of the molecule is CCCC/C=C/CCCCCCCCCCO. The zero-order chi connectivity index (χ0) is 12.6. The largest absolute Gasteiger partial charge is 0.396 e. The highest BCUT2D eigenvalue weighted by molar-refractivity contribution is 4.81. The molecule has 0 fully saturated rings. The van der Waals surface area contributed by atoms with Crippen molar-refractivity contribution in [1.29, 1.82) is 0 Å². The summed E-state index contributed by atoms with van der Waals surface area (Å²) in [4.78, 5) is 0. The van der Waals surface area contributed by atoms with Crippen LogP contribution in [-0.2, 0) is 0 Å². The van der Waals surface area contributed by atoms with Crippen LogP contribution in [0, 0.1) is 0 Å². The van der Waals surface area contributed by atoms with E-state index in [0.717, 1.165) is 6.42 Å². The molecule has 0 atom stereocenters. The Bertz CT molecular complexity index is 152. The molecule has 0 aliphatic carbocycles. The van der Waals surface area contributed by atoms with E-state index in [0.29, 0.717) is 6.61 Å². The molecule has 0 aliphatic heterocycles. The van der Waals surface area contributed by atoms with Gasteiger partial charge in [0.15, 0.2) is 0 Å². The van der Waals surface area contributed by atoms with Gasteiger partial charge in [0.05, 0.1) is 0 Å². The molecule has 1 nitrogen and oxygen atoms in total. The van der Waals surface area contributed by atoms with Crippen LogP contribution in [0.3, 0.4) is 0 Å². The molecular weight excluding hydrogens is 208 g/mol. The maximum atomic E-state index is 8.64. The Morgan fingerprint density at radius 1 is 0.647 bits per heavy atom. The van der Waals surface area contributed by atoms with E-state index < -0.39 is 0 Å². The van der Waals surface area contributed by atoms with Crippen molar-refractivity contribution < 1.29 is 5.11 Å². The van der Waals surface area contributed by atoms with Gasteiger partial charge in [-0.05, 0) is 25.7 Å². The van der Waals surface area contributed by atoms with Crippen LogP contribution in [0.15, 0.2) is 12.2 Å². The monoisotopic (exact) mass is 240 g/mol. The average molecular weight is 240 g/mol. The van der Waals surface area contributed by atoms with E-state index in [4.69, 9.17) is 5.11 Å². The summed E-state index contributed by atoms with van der Waals surface area (Å²) in [7, 11) is 0. The Labute approximate surface area is 108 Å². The van der Waals surface area contributed by atoms with E-state index in [1.807, 2.05) is 0 Å². The maximum absolute atomic E-state index is 8.64. The predicted molar refractivity (Wildman–Crippen MR) is 77.3 cm³/mol. The van der Waals surface area contributed by atoms with Gasteiger partial charge in [-0.15, -0.1) is 0 Å². The van der Waals surface area contributed by atoms with Crippen molar-refractivity contribution in [2.45, 2.75) is 84.0 Å². The summed E-state index contributed by atoms with van der Waals surface area (Å²) in [6, 6.07) is 0. The van der Waals surface area contributed by atoms with Crippen LogP contribution in [-0.4, -0.2) is 11.7 Å². The summed E-state index contributed by atoms with van der Waals surface area (Å²) in [5.74, 6) is 0. The van der Waals surface area contributed by atoms with E-state index in [9.17, 15) is 0 Å². The molecule has 0 heterocycles. The Kier molecular flexibility index (Phi) is 15.4. The molecule has 0 spiro atoms. The molecule has 17 heavy (non-hydrogen) atoms. The summed E-state index contributed by atoms with van der Waals surface area (Å²) in [5, 5.41) is 8.64. The third-order valence-corrected chi connectivity index (χ3v) is 3.17. The van der Waals surface area contributed by atoms with E-state index in [1.165, 1.54) is 70.6 Å². The summed E-state index contributed by atoms with van der Waals surface area (Å²) < 4.78 is 0. The van der Waals surface area contributed by atoms with Crippen molar-refractivity contribution in [3.8, 4) is 0 Å². The topological polar surface area (TPSA) is 20.2 Å². The van der Waals surface area contributed by atoms with Crippen LogP contribution in [0.4, 0.5) is 0 Å². The zero-order valence-electron chi connectivity index (χ0n) is 11.8. The van der Waals surface area contributed by atoms with Crippen LogP contribution in [0.5, 0.6) is 0 Å². The first-order chi connectivity index (χ1) is 8.41. The molecule has 1 N–H and O–H groups in total. The number of aliphatic hydroxyl groups excluding tert-OH is 1. The Hall–Kier alpha value is -0.300. The van der Waals surface area contributed by atoms with Crippen molar-refractivity contribution in [1.82, 2.24) is 0 Å². The molecule has 0 aliphatic rings. The van der Waals surface area contributed by atoms with Gasteiger partial charge in [0.25, 0.3) is 0 Å². The Morgan fingerprint density at radius 3 is 1.65 bits per heavy atom. The number of aliphatic hydroxyl groups is 1. The third kappa shape index (κ3) is 15.7. The zero-order valence-corrected chi connectivity index (χ0v) is 11.8. The predicted octanol–water partition coefficient (Wildman–Crippen LogP) is 5.24. The van der Waals surface area contributed by atoms with Crippen LogP contribution < -0.4 is 0 Å². The van der Waals surface area contributed by atoms with Gasteiger partial charge in [-0.25, -0.2) is 0 Å². The van der Waals surface area contributed by atoms with Crippen LogP contribution in [0.1, 0.15) is 84.0 Å². The summed E-state index contributed by atoms with van der Waals surface area (Å²) in [5.41, 5.74) is 0. The van der Waals surface area contributed by atoms with Gasteiger partial charge in [-0.2, -0.15) is 0 Å². The van der Waals surface area contributed by atoms with Gasteiger partial charge in [0.1, 0.15) is 0 Å². The van der Waals surface area contributed by atoms with Gasteiger partial charge >= 0.3 is 0 Å². The van der Waals surface area contributed by atoms with Crippen molar-refractivity contribution in [2.24, 2.45) is 0 Å². The van der Waals surface area contributed by atoms with E-state index >= 15 is 0 Å². The molecule has 102 valence electrons. The molecule has 0 radical (unpaired) electrons. The van der Waals surface area contributed by atoms with Crippen LogP contribution in [0.2, 0.25) is 0 Å². The lowest BCUT2D eigenvalue weighted by molar-refractivity contribution is 0.282. The molecule has 0 unspecified atom stereocenters. The first kappa shape index (κ1) is 16.7. The van der Waals surface area contributed by atoms with Crippen LogP contribution >= 0.6 is 0 Å². The van der Waals surface area contributed by atoms with E-state index in [-0.39, 0.29) is 0 Å². The number of unbranched alkanes of at least 4 members (excludes halogenated alkanes) is 10. The summed E-state index contributed by atoms with van der Waals surface area (Å²) in [6.45, 7) is 2.61. The first-order valence-corrected chi connectivity index (χ1v) is 7.67. The molecule has 0 saturated carbocycles. The van der Waals surface area contributed by atoms with Crippen molar-refractivity contribution in [2.75, 3.05) is 6.61 Å². The quantitative estimate of drug-likeness (QED) is 0.345. The van der Waals surface area contributed by atoms with Gasteiger partial charge in [-0.3, -0.25) is 0 Å². The molecule has 0 aromatic heterocycles. The minimum atomic E-state index is 0.365. The molecule has 0 amide bonds. The van der Waals surface area contributed by atoms with E-state index in [2.05, 4.69) is 19.1 Å². The highest BCUT2D eigenvalue weighted by Gasteiger charge is 1.91. The van der Waals surface area contributed by atoms with Gasteiger partial charge < -0.3 is 5.11 Å². The Balaban J connectivity index is 2.96. The molecule has 0 rings (SSSR count). The number of hydrogen-bond acceptors (Lipinski definition) is 1. The van der Waals surface area contributed by atoms with Crippen molar-refractivity contribution in [3.05, 3.63) is 12.2 Å². The second-order valence-electron chi connectivity index (χ2n) is 4.95. The van der Waals surface area contributed by atoms with Gasteiger partial charge in [0, 0.05) is 6.61 Å². The van der Waals surface area contributed by atoms with E-state index in [1.54, 1.807) is 0 Å². The highest BCUT2D eigenvalue weighted by Crippen LogP contribution is 2.10. The molecule has 0 aromatic rings. The third-order valence-electron chi connectivity index (χ3n) is 3.17. The molecular formula is C16H32O. The minimum absolute atomic E-state index is 0.365. The summed E-state index contributed by atoms with van der Waals surface area (Å²) >= 11 is 0. The smallest absolute Gasteiger partial charge is 0.0431 e. The molecule has 0 aromatic carbocycles. The fraction of sp³-hybridized carbons (Fsp3) is 0.875. The van der Waals surface area contributed by atoms with Crippen molar-refractivity contribution in [3.63, 3.8) is 0 Å². The standard InChI is InChI=1S/C16H32O/c1-2-3-4-5-6-7-8-9-10-11-12-13-14-15-16-17/h5-6,17H,2-4,7-16H2,1H3/b6-5+. The second-order valence-corrected chi connectivity index (χ2v) is 4.95. The normalized spacial score (nSPS) is 11.4. The fourth-order valence-corrected chi connectivity index (χ4v) is 1.99. The van der Waals surface area contributed by atoms with Gasteiger partial charge in [0.2, 0.25) is 0 Å². The number of rotatable bonds is 13. The number of allylic oxidation sites excluding steroid dienone is 2. The Morgan fingerprint density at radius 2 is 1.12 bits per heavy atom. The minimum Gasteiger partial charge on any atom is -0.396 e. The lowest BCUT2D eigenvalue weighted by Gasteiger charge is -2.00. The number of hydrogen-bond donors (Lipinski definition) is 1.